The van der Waals surface area contributed by atoms with Crippen LogP contribution in [0.15, 0.2) is 0 Å². The Hall–Kier alpha value is 0.531. The summed E-state index contributed by atoms with van der Waals surface area (Å²) in [5.74, 6) is 0. The summed E-state index contributed by atoms with van der Waals surface area (Å²) < 4.78 is 17.6. The van der Waals surface area contributed by atoms with Crippen molar-refractivity contribution in [2.24, 2.45) is 0 Å². The minimum atomic E-state index is -2.34. The lowest BCUT2D eigenvalue weighted by molar-refractivity contribution is 0.180. The van der Waals surface area contributed by atoms with Gasteiger partial charge in [0.1, 0.15) is 0 Å². The average Bonchev–Trinajstić information content (AvgIpc) is 1.78. The van der Waals surface area contributed by atoms with Crippen LogP contribution in [-0.4, -0.2) is 32.8 Å². The van der Waals surface area contributed by atoms with Crippen molar-refractivity contribution in [2.75, 3.05) is 6.61 Å². The van der Waals surface area contributed by atoms with Gasteiger partial charge in [0.15, 0.2) is 17.4 Å². The van der Waals surface area contributed by atoms with Crippen LogP contribution < -0.4 is 0 Å². The molecule has 85 valence electrons. The third kappa shape index (κ3) is 6.91. The Morgan fingerprint density at radius 1 is 1.07 bits per heavy atom. The summed E-state index contributed by atoms with van der Waals surface area (Å²) >= 11 is 0. The van der Waals surface area contributed by atoms with Crippen molar-refractivity contribution >= 4 is 26.2 Å². The van der Waals surface area contributed by atoms with Gasteiger partial charge >= 0.3 is 8.80 Å². The Balaban J connectivity index is 4.38. The zero-order chi connectivity index (χ0) is 11.4. The highest BCUT2D eigenvalue weighted by atomic mass is 28.5. The van der Waals surface area contributed by atoms with Crippen molar-refractivity contribution in [2.45, 2.75) is 46.2 Å². The second-order valence-electron chi connectivity index (χ2n) is 4.52. The molecule has 0 aliphatic rings. The van der Waals surface area contributed by atoms with E-state index in [9.17, 15) is 0 Å². The van der Waals surface area contributed by atoms with Crippen LogP contribution >= 0.6 is 0 Å². The molecule has 0 saturated heterocycles. The first-order chi connectivity index (χ1) is 6.18. The van der Waals surface area contributed by atoms with E-state index in [-0.39, 0.29) is 0 Å². The van der Waals surface area contributed by atoms with Gasteiger partial charge in [0, 0.05) is 13.2 Å². The molecule has 1 atom stereocenters. The lowest BCUT2D eigenvalue weighted by Gasteiger charge is -2.33. The highest BCUT2D eigenvalue weighted by Crippen LogP contribution is 2.17. The standard InChI is InChI=1S/C8H23O3Si3/c1-8-9-14(7,10-12(2)3)11-13(4,5)6/h8H2,1-7H3. The highest BCUT2D eigenvalue weighted by molar-refractivity contribution is 6.81. The maximum absolute atomic E-state index is 6.04. The summed E-state index contributed by atoms with van der Waals surface area (Å²) in [6.45, 7) is 15.4. The fraction of sp³-hybridized carbons (Fsp3) is 1.00. The van der Waals surface area contributed by atoms with Crippen molar-refractivity contribution in [1.29, 1.82) is 0 Å². The molecule has 14 heavy (non-hydrogen) atoms. The summed E-state index contributed by atoms with van der Waals surface area (Å²) in [4.78, 5) is 0. The van der Waals surface area contributed by atoms with Gasteiger partial charge in [-0.3, -0.25) is 0 Å². The van der Waals surface area contributed by atoms with Crippen molar-refractivity contribution in [1.82, 2.24) is 0 Å². The zero-order valence-electron chi connectivity index (χ0n) is 10.4. The van der Waals surface area contributed by atoms with Gasteiger partial charge in [-0.1, -0.05) is 0 Å². The van der Waals surface area contributed by atoms with Crippen LogP contribution in [0.1, 0.15) is 6.92 Å². The first-order valence-corrected chi connectivity index (χ1v) is 13.1. The van der Waals surface area contributed by atoms with E-state index in [0.29, 0.717) is 6.61 Å². The smallest absolute Gasteiger partial charge is 0.417 e. The van der Waals surface area contributed by atoms with Crippen LogP contribution in [0.4, 0.5) is 0 Å². The van der Waals surface area contributed by atoms with E-state index < -0.39 is 26.2 Å². The second kappa shape index (κ2) is 5.57. The van der Waals surface area contributed by atoms with E-state index in [1.165, 1.54) is 0 Å². The first-order valence-electron chi connectivity index (χ1n) is 5.02. The minimum Gasteiger partial charge on any atom is -0.417 e. The predicted octanol–water partition coefficient (Wildman–Crippen LogP) is 2.71. The molecule has 0 bridgehead atoms. The molecule has 6 heteroatoms. The maximum Gasteiger partial charge on any atom is 0.476 e. The first kappa shape index (κ1) is 14.5. The zero-order valence-corrected chi connectivity index (χ0v) is 13.4. The maximum atomic E-state index is 6.04. The van der Waals surface area contributed by atoms with E-state index in [1.54, 1.807) is 0 Å². The molecule has 0 rings (SSSR count). The SMILES string of the molecule is CCO[Si](C)(O[Si](C)C)O[Si](C)(C)C. The second-order valence-corrected chi connectivity index (χ2v) is 14.2. The molecule has 1 radical (unpaired) electrons. The molecule has 1 unspecified atom stereocenters. The van der Waals surface area contributed by atoms with Crippen LogP contribution in [0.3, 0.4) is 0 Å². The summed E-state index contributed by atoms with van der Waals surface area (Å²) in [6, 6.07) is 0. The lowest BCUT2D eigenvalue weighted by atomic mass is 10.9. The largest absolute Gasteiger partial charge is 0.476 e. The molecule has 0 aromatic carbocycles. The lowest BCUT2D eigenvalue weighted by Crippen LogP contribution is -2.51. The van der Waals surface area contributed by atoms with E-state index in [0.717, 1.165) is 0 Å². The van der Waals surface area contributed by atoms with Gasteiger partial charge in [0.25, 0.3) is 0 Å². The Morgan fingerprint density at radius 3 is 1.86 bits per heavy atom. The molecule has 0 fully saturated rings. The molecule has 0 aliphatic heterocycles. The Bertz CT molecular complexity index is 170. The molecule has 0 aromatic rings. The molecular formula is C8H23O3Si3. The van der Waals surface area contributed by atoms with Crippen molar-refractivity contribution in [3.8, 4) is 0 Å². The number of hydrogen-bond donors (Lipinski definition) is 0. The quantitative estimate of drug-likeness (QED) is 0.679. The van der Waals surface area contributed by atoms with Gasteiger partial charge < -0.3 is 12.7 Å². The summed E-state index contributed by atoms with van der Waals surface area (Å²) in [6.07, 6.45) is 0. The summed E-state index contributed by atoms with van der Waals surface area (Å²) in [5, 5.41) is 0. The van der Waals surface area contributed by atoms with Crippen molar-refractivity contribution in [3.63, 3.8) is 0 Å². The highest BCUT2D eigenvalue weighted by Gasteiger charge is 2.39. The normalized spacial score (nSPS) is 17.1. The van der Waals surface area contributed by atoms with Crippen molar-refractivity contribution < 1.29 is 12.7 Å². The van der Waals surface area contributed by atoms with Crippen LogP contribution in [0.2, 0.25) is 39.3 Å². The van der Waals surface area contributed by atoms with Crippen LogP contribution in [0.5, 0.6) is 0 Å². The molecule has 0 spiro atoms. The third-order valence-corrected chi connectivity index (χ3v) is 9.15. The third-order valence-electron chi connectivity index (χ3n) is 1.29. The fourth-order valence-electron chi connectivity index (χ4n) is 1.27. The van der Waals surface area contributed by atoms with Gasteiger partial charge in [0.2, 0.25) is 0 Å². The van der Waals surface area contributed by atoms with Gasteiger partial charge in [0.05, 0.1) is 0 Å². The summed E-state index contributed by atoms with van der Waals surface area (Å²) in [5.41, 5.74) is 0. The molecule has 0 heterocycles. The van der Waals surface area contributed by atoms with E-state index in [2.05, 4.69) is 32.7 Å². The van der Waals surface area contributed by atoms with E-state index in [4.69, 9.17) is 12.7 Å². The number of rotatable bonds is 6. The van der Waals surface area contributed by atoms with E-state index in [1.807, 2.05) is 13.5 Å². The molecule has 0 aromatic heterocycles. The molecule has 0 N–H and O–H groups in total. The minimum absolute atomic E-state index is 0.669. The molecule has 0 amide bonds. The molecule has 0 saturated carbocycles. The van der Waals surface area contributed by atoms with E-state index >= 15 is 0 Å². The Labute approximate surface area is 92.0 Å². The van der Waals surface area contributed by atoms with Crippen LogP contribution in [0.25, 0.3) is 0 Å². The van der Waals surface area contributed by atoms with Crippen LogP contribution in [-0.2, 0) is 12.7 Å². The molecule has 3 nitrogen and oxygen atoms in total. The van der Waals surface area contributed by atoms with Gasteiger partial charge in [-0.2, -0.15) is 0 Å². The Morgan fingerprint density at radius 2 is 1.57 bits per heavy atom. The summed E-state index contributed by atoms with van der Waals surface area (Å²) in [7, 11) is -4.66. The fourth-order valence-corrected chi connectivity index (χ4v) is 10.2. The van der Waals surface area contributed by atoms with Gasteiger partial charge in [-0.15, -0.1) is 0 Å². The average molecular weight is 252 g/mol. The monoisotopic (exact) mass is 251 g/mol. The van der Waals surface area contributed by atoms with Gasteiger partial charge in [-0.05, 0) is 39.7 Å². The Kier molecular flexibility index (Phi) is 5.78. The van der Waals surface area contributed by atoms with Crippen molar-refractivity contribution in [3.05, 3.63) is 0 Å². The molecular weight excluding hydrogens is 228 g/mol. The topological polar surface area (TPSA) is 27.7 Å². The van der Waals surface area contributed by atoms with Crippen LogP contribution in [0, 0.1) is 0 Å². The predicted molar refractivity (Wildman–Crippen MR) is 66.2 cm³/mol. The van der Waals surface area contributed by atoms with Gasteiger partial charge in [-0.25, -0.2) is 0 Å². The molecule has 0 aliphatic carbocycles. The number of hydrogen-bond acceptors (Lipinski definition) is 3.